The van der Waals surface area contributed by atoms with Crippen molar-refractivity contribution in [3.05, 3.63) is 41.6 Å². The topological polar surface area (TPSA) is 87.2 Å². The second-order valence-electron chi connectivity index (χ2n) is 7.26. The van der Waals surface area contributed by atoms with E-state index in [9.17, 15) is 40.7 Å². The molecule has 0 radical (unpaired) electrons. The minimum absolute atomic E-state index is 0.242. The number of rotatable bonds is 6. The molecule has 13 heteroatoms. The van der Waals surface area contributed by atoms with Gasteiger partial charge in [-0.2, -0.15) is 26.3 Å². The second kappa shape index (κ2) is 9.71. The van der Waals surface area contributed by atoms with E-state index in [0.717, 1.165) is 30.4 Å². The number of carbonyl (C=O) groups is 3. The number of hydrogen-bond acceptors (Lipinski definition) is 5. The van der Waals surface area contributed by atoms with Crippen LogP contribution < -0.4 is 4.90 Å². The molecular formula is C20H20F6N2O5. The van der Waals surface area contributed by atoms with Crippen LogP contribution in [0.25, 0.3) is 0 Å². The monoisotopic (exact) mass is 482 g/mol. The molecule has 0 unspecified atom stereocenters. The number of ether oxygens (including phenoxy) is 1. The van der Waals surface area contributed by atoms with Crippen molar-refractivity contribution in [2.45, 2.75) is 44.2 Å². The van der Waals surface area contributed by atoms with Crippen molar-refractivity contribution in [1.82, 2.24) is 4.90 Å². The minimum atomic E-state index is -5.28. The smallest absolute Gasteiger partial charge is 0.417 e. The number of carbonyl (C=O) groups excluding carboxylic acids is 2. The zero-order valence-electron chi connectivity index (χ0n) is 17.4. The van der Waals surface area contributed by atoms with Crippen LogP contribution in [-0.2, 0) is 31.5 Å². The first-order chi connectivity index (χ1) is 15.2. The first-order valence-corrected chi connectivity index (χ1v) is 9.52. The van der Waals surface area contributed by atoms with Crippen molar-refractivity contribution < 1.29 is 50.6 Å². The summed E-state index contributed by atoms with van der Waals surface area (Å²) in [4.78, 5) is 37.8. The molecule has 0 bridgehead atoms. The quantitative estimate of drug-likeness (QED) is 0.492. The summed E-state index contributed by atoms with van der Waals surface area (Å²) >= 11 is 0. The fraction of sp³-hybridized carbons (Fsp3) is 0.450. The number of anilines is 1. The van der Waals surface area contributed by atoms with Gasteiger partial charge >= 0.3 is 24.3 Å². The summed E-state index contributed by atoms with van der Waals surface area (Å²) < 4.78 is 83.8. The molecule has 2 atom stereocenters. The number of halogens is 6. The van der Waals surface area contributed by atoms with Crippen LogP contribution in [0.5, 0.6) is 0 Å². The number of hydrogen-bond donors (Lipinski definition) is 1. The van der Waals surface area contributed by atoms with Crippen molar-refractivity contribution in [3.8, 4) is 0 Å². The summed E-state index contributed by atoms with van der Waals surface area (Å²) in [5.74, 6) is -2.85. The zero-order valence-corrected chi connectivity index (χ0v) is 17.4. The van der Waals surface area contributed by atoms with E-state index < -0.39 is 59.8 Å². The highest BCUT2D eigenvalue weighted by atomic mass is 19.4. The second-order valence-corrected chi connectivity index (χ2v) is 7.26. The Morgan fingerprint density at radius 1 is 1.15 bits per heavy atom. The van der Waals surface area contributed by atoms with Crippen LogP contribution in [0.1, 0.15) is 30.9 Å². The SMILES string of the molecule is COC(=O)[C@H](CCC(=O)O)N1C[C@H](C)N(c2ccc(C(F)(F)F)c(C(F)(F)F)c2)C=CC1=O. The molecule has 1 N–H and O–H groups in total. The van der Waals surface area contributed by atoms with Crippen molar-refractivity contribution >= 4 is 23.5 Å². The standard InChI is InChI=1S/C20H20F6N2O5/c1-11-10-28(15(18(32)33-2)5-6-17(30)31)16(29)7-8-27(11)12-3-4-13(19(21,22)23)14(9-12)20(24,25)26/h3-4,7-9,11,15H,5-6,10H2,1-2H3,(H,30,31)/t11-,15-/m0/s1. The zero-order chi connectivity index (χ0) is 25.1. The molecule has 1 heterocycles. The van der Waals surface area contributed by atoms with Gasteiger partial charge in [-0.05, 0) is 31.5 Å². The summed E-state index contributed by atoms with van der Waals surface area (Å²) in [6.45, 7) is 1.24. The molecule has 2 rings (SSSR count). The number of benzene rings is 1. The van der Waals surface area contributed by atoms with Gasteiger partial charge in [-0.25, -0.2) is 4.79 Å². The van der Waals surface area contributed by atoms with E-state index in [1.54, 1.807) is 0 Å². The number of aliphatic carboxylic acids is 1. The van der Waals surface area contributed by atoms with Crippen LogP contribution in [0.3, 0.4) is 0 Å². The lowest BCUT2D eigenvalue weighted by molar-refractivity contribution is -0.162. The van der Waals surface area contributed by atoms with E-state index in [2.05, 4.69) is 4.74 Å². The number of nitrogens with zero attached hydrogens (tertiary/aromatic N) is 2. The molecule has 1 aromatic rings. The highest BCUT2D eigenvalue weighted by Crippen LogP contribution is 2.42. The fourth-order valence-electron chi connectivity index (χ4n) is 3.44. The molecule has 0 saturated carbocycles. The predicted molar refractivity (Wildman–Crippen MR) is 102 cm³/mol. The molecule has 1 aliphatic rings. The van der Waals surface area contributed by atoms with E-state index in [-0.39, 0.29) is 18.7 Å². The van der Waals surface area contributed by atoms with Crippen molar-refractivity contribution in [2.75, 3.05) is 18.6 Å². The van der Waals surface area contributed by atoms with E-state index in [1.165, 1.54) is 11.8 Å². The summed E-state index contributed by atoms with van der Waals surface area (Å²) in [5.41, 5.74) is -3.98. The van der Waals surface area contributed by atoms with E-state index in [4.69, 9.17) is 5.11 Å². The molecule has 0 fully saturated rings. The van der Waals surface area contributed by atoms with Gasteiger partial charge in [0.2, 0.25) is 5.91 Å². The molecule has 1 amide bonds. The Morgan fingerprint density at radius 2 is 1.76 bits per heavy atom. The third-order valence-corrected chi connectivity index (χ3v) is 4.99. The van der Waals surface area contributed by atoms with Gasteiger partial charge in [0.1, 0.15) is 6.04 Å². The Kier molecular flexibility index (Phi) is 7.65. The summed E-state index contributed by atoms with van der Waals surface area (Å²) in [5, 5.41) is 8.90. The molecule has 33 heavy (non-hydrogen) atoms. The third-order valence-electron chi connectivity index (χ3n) is 4.99. The van der Waals surface area contributed by atoms with Gasteiger partial charge in [-0.3, -0.25) is 9.59 Å². The largest absolute Gasteiger partial charge is 0.481 e. The van der Waals surface area contributed by atoms with Gasteiger partial charge in [0.05, 0.1) is 18.2 Å². The molecule has 0 saturated heterocycles. The van der Waals surface area contributed by atoms with Crippen LogP contribution in [0, 0.1) is 0 Å². The number of alkyl halides is 6. The lowest BCUT2D eigenvalue weighted by Crippen LogP contribution is -2.49. The highest BCUT2D eigenvalue weighted by molar-refractivity contribution is 5.92. The summed E-state index contributed by atoms with van der Waals surface area (Å²) in [7, 11) is 1.05. The first kappa shape index (κ1) is 26.0. The summed E-state index contributed by atoms with van der Waals surface area (Å²) in [6.07, 6.45) is -9.21. The lowest BCUT2D eigenvalue weighted by atomic mass is 10.0. The van der Waals surface area contributed by atoms with Crippen LogP contribution in [-0.4, -0.2) is 53.6 Å². The molecule has 0 spiro atoms. The Balaban J connectivity index is 2.43. The van der Waals surface area contributed by atoms with Crippen LogP contribution in [0.15, 0.2) is 30.5 Å². The van der Waals surface area contributed by atoms with Crippen LogP contribution >= 0.6 is 0 Å². The molecule has 0 aliphatic carbocycles. The maximum atomic E-state index is 13.3. The Morgan fingerprint density at radius 3 is 2.27 bits per heavy atom. The fourth-order valence-corrected chi connectivity index (χ4v) is 3.44. The molecule has 7 nitrogen and oxygen atoms in total. The maximum absolute atomic E-state index is 13.3. The predicted octanol–water partition coefficient (Wildman–Crippen LogP) is 3.68. The van der Waals surface area contributed by atoms with E-state index in [0.29, 0.717) is 12.1 Å². The molecule has 0 aromatic heterocycles. The highest BCUT2D eigenvalue weighted by Gasteiger charge is 2.43. The van der Waals surface area contributed by atoms with Crippen LogP contribution in [0.2, 0.25) is 0 Å². The number of amides is 1. The van der Waals surface area contributed by atoms with Crippen molar-refractivity contribution in [1.29, 1.82) is 0 Å². The van der Waals surface area contributed by atoms with E-state index >= 15 is 0 Å². The number of carboxylic acids is 1. The third kappa shape index (κ3) is 6.17. The molecule has 1 aliphatic heterocycles. The molecular weight excluding hydrogens is 462 g/mol. The van der Waals surface area contributed by atoms with Crippen molar-refractivity contribution in [3.63, 3.8) is 0 Å². The maximum Gasteiger partial charge on any atom is 0.417 e. The number of methoxy groups -OCH3 is 1. The lowest BCUT2D eigenvalue weighted by Gasteiger charge is -2.33. The van der Waals surface area contributed by atoms with Crippen molar-refractivity contribution in [2.24, 2.45) is 0 Å². The Labute approximate surface area is 184 Å². The normalized spacial score (nSPS) is 18.2. The van der Waals surface area contributed by atoms with E-state index in [1.807, 2.05) is 0 Å². The average molecular weight is 482 g/mol. The minimum Gasteiger partial charge on any atom is -0.481 e. The number of esters is 1. The van der Waals surface area contributed by atoms with Gasteiger partial charge in [0, 0.05) is 37.0 Å². The number of carboxylic acid groups (broad SMARTS) is 1. The molecule has 1 aromatic carbocycles. The molecule has 182 valence electrons. The summed E-state index contributed by atoms with van der Waals surface area (Å²) in [6, 6.07) is -0.563. The van der Waals surface area contributed by atoms with Gasteiger partial charge in [-0.1, -0.05) is 0 Å². The Hall–Kier alpha value is -3.25. The van der Waals surface area contributed by atoms with Gasteiger partial charge in [0.15, 0.2) is 0 Å². The van der Waals surface area contributed by atoms with Crippen LogP contribution in [0.4, 0.5) is 32.0 Å². The first-order valence-electron chi connectivity index (χ1n) is 9.52. The van der Waals surface area contributed by atoms with Gasteiger partial charge in [-0.15, -0.1) is 0 Å². The van der Waals surface area contributed by atoms with Gasteiger partial charge < -0.3 is 19.6 Å². The average Bonchev–Trinajstić information content (AvgIpc) is 2.84. The Bertz CT molecular complexity index is 944. The van der Waals surface area contributed by atoms with Gasteiger partial charge in [0.25, 0.3) is 0 Å².